The molecule has 1 aromatic heterocycles. The van der Waals surface area contributed by atoms with Crippen molar-refractivity contribution in [2.45, 2.75) is 38.8 Å². The van der Waals surface area contributed by atoms with Gasteiger partial charge in [-0.15, -0.1) is 0 Å². The molecule has 0 saturated carbocycles. The van der Waals surface area contributed by atoms with E-state index in [1.807, 2.05) is 0 Å². The van der Waals surface area contributed by atoms with Gasteiger partial charge in [0.05, 0.1) is 0 Å². The Bertz CT molecular complexity index is 840. The fourth-order valence-corrected chi connectivity index (χ4v) is 2.70. The smallest absolute Gasteiger partial charge is 0.279 e. The summed E-state index contributed by atoms with van der Waals surface area (Å²) in [7, 11) is 0. The van der Waals surface area contributed by atoms with Crippen LogP contribution in [0.25, 0.3) is 0 Å². The number of hydrazine groups is 1. The SMILES string of the molecule is O=C(Cn1nc2n(c1=O)CCCCC2)NNC(=O)c1ccc(F)cc1. The number of hydrogen-bond donors (Lipinski definition) is 2. The molecular weight excluding hydrogens is 329 g/mol. The molecule has 0 unspecified atom stereocenters. The molecule has 0 saturated heterocycles. The summed E-state index contributed by atoms with van der Waals surface area (Å²) in [5.74, 6) is -0.933. The molecule has 9 heteroatoms. The van der Waals surface area contributed by atoms with Crippen LogP contribution in [0.5, 0.6) is 0 Å². The van der Waals surface area contributed by atoms with Crippen molar-refractivity contribution in [3.8, 4) is 0 Å². The Hall–Kier alpha value is -2.97. The number of amides is 2. The van der Waals surface area contributed by atoms with Crippen molar-refractivity contribution >= 4 is 11.8 Å². The zero-order chi connectivity index (χ0) is 17.8. The molecular formula is C16H18FN5O3. The van der Waals surface area contributed by atoms with Gasteiger partial charge in [0.25, 0.3) is 11.8 Å². The molecule has 0 aliphatic carbocycles. The van der Waals surface area contributed by atoms with Crippen LogP contribution in [0.15, 0.2) is 29.1 Å². The molecule has 0 fully saturated rings. The van der Waals surface area contributed by atoms with E-state index >= 15 is 0 Å². The highest BCUT2D eigenvalue weighted by molar-refractivity contribution is 5.95. The molecule has 2 N–H and O–H groups in total. The first-order valence-corrected chi connectivity index (χ1v) is 8.06. The quantitative estimate of drug-likeness (QED) is 0.784. The molecule has 0 bridgehead atoms. The van der Waals surface area contributed by atoms with E-state index in [1.165, 1.54) is 12.1 Å². The first-order chi connectivity index (χ1) is 12.0. The molecule has 2 amide bonds. The van der Waals surface area contributed by atoms with Gasteiger partial charge in [0.15, 0.2) is 0 Å². The molecule has 2 heterocycles. The number of nitrogens with zero attached hydrogens (tertiary/aromatic N) is 3. The number of benzene rings is 1. The van der Waals surface area contributed by atoms with Gasteiger partial charge < -0.3 is 0 Å². The number of halogens is 1. The molecule has 0 atom stereocenters. The number of carbonyl (C=O) groups excluding carboxylic acids is 2. The summed E-state index contributed by atoms with van der Waals surface area (Å²) in [4.78, 5) is 36.0. The number of aromatic nitrogens is 3. The second-order valence-electron chi connectivity index (χ2n) is 5.83. The van der Waals surface area contributed by atoms with E-state index in [1.54, 1.807) is 4.57 Å². The largest absolute Gasteiger partial charge is 0.346 e. The third-order valence-electron chi connectivity index (χ3n) is 4.00. The minimum Gasteiger partial charge on any atom is -0.279 e. The fraction of sp³-hybridized carbons (Fsp3) is 0.375. The Kier molecular flexibility index (Phi) is 4.92. The van der Waals surface area contributed by atoms with Gasteiger partial charge >= 0.3 is 5.69 Å². The van der Waals surface area contributed by atoms with Crippen molar-refractivity contribution in [3.63, 3.8) is 0 Å². The van der Waals surface area contributed by atoms with Gasteiger partial charge in [-0.1, -0.05) is 6.42 Å². The van der Waals surface area contributed by atoms with Gasteiger partial charge in [0.2, 0.25) is 0 Å². The maximum absolute atomic E-state index is 12.8. The van der Waals surface area contributed by atoms with Crippen LogP contribution in [-0.4, -0.2) is 26.2 Å². The minimum absolute atomic E-state index is 0.201. The summed E-state index contributed by atoms with van der Waals surface area (Å²) >= 11 is 0. The van der Waals surface area contributed by atoms with Gasteiger partial charge in [-0.3, -0.25) is 25.0 Å². The van der Waals surface area contributed by atoms with Crippen LogP contribution < -0.4 is 16.5 Å². The summed E-state index contributed by atoms with van der Waals surface area (Å²) in [5, 5.41) is 4.20. The summed E-state index contributed by atoms with van der Waals surface area (Å²) in [6, 6.07) is 4.89. The van der Waals surface area contributed by atoms with Crippen LogP contribution >= 0.6 is 0 Å². The van der Waals surface area contributed by atoms with E-state index in [0.717, 1.165) is 36.1 Å². The first-order valence-electron chi connectivity index (χ1n) is 8.06. The molecule has 1 aromatic carbocycles. The van der Waals surface area contributed by atoms with E-state index in [-0.39, 0.29) is 17.8 Å². The first kappa shape index (κ1) is 16.9. The molecule has 132 valence electrons. The fourth-order valence-electron chi connectivity index (χ4n) is 2.70. The lowest BCUT2D eigenvalue weighted by Gasteiger charge is -2.07. The molecule has 3 rings (SSSR count). The highest BCUT2D eigenvalue weighted by Gasteiger charge is 2.17. The van der Waals surface area contributed by atoms with Gasteiger partial charge in [0.1, 0.15) is 18.2 Å². The molecule has 25 heavy (non-hydrogen) atoms. The van der Waals surface area contributed by atoms with Crippen molar-refractivity contribution < 1.29 is 14.0 Å². The van der Waals surface area contributed by atoms with Crippen LogP contribution in [0.1, 0.15) is 35.4 Å². The monoisotopic (exact) mass is 347 g/mol. The highest BCUT2D eigenvalue weighted by atomic mass is 19.1. The zero-order valence-corrected chi connectivity index (χ0v) is 13.5. The highest BCUT2D eigenvalue weighted by Crippen LogP contribution is 2.10. The lowest BCUT2D eigenvalue weighted by atomic mass is 10.2. The number of aryl methyl sites for hydroxylation is 1. The Morgan fingerprint density at radius 3 is 2.64 bits per heavy atom. The predicted molar refractivity (Wildman–Crippen MR) is 86.1 cm³/mol. The van der Waals surface area contributed by atoms with E-state index < -0.39 is 17.6 Å². The second kappa shape index (κ2) is 7.29. The Morgan fingerprint density at radius 1 is 1.12 bits per heavy atom. The molecule has 1 aliphatic heterocycles. The van der Waals surface area contributed by atoms with Crippen molar-refractivity contribution in [2.75, 3.05) is 0 Å². The number of carbonyl (C=O) groups is 2. The van der Waals surface area contributed by atoms with E-state index in [4.69, 9.17) is 0 Å². The van der Waals surface area contributed by atoms with E-state index in [9.17, 15) is 18.8 Å². The van der Waals surface area contributed by atoms with Crippen LogP contribution in [0.2, 0.25) is 0 Å². The van der Waals surface area contributed by atoms with Gasteiger partial charge in [0, 0.05) is 18.5 Å². The van der Waals surface area contributed by atoms with Crippen LogP contribution in [-0.2, 0) is 24.3 Å². The number of fused-ring (bicyclic) bond motifs is 1. The summed E-state index contributed by atoms with van der Waals surface area (Å²) in [5.41, 5.74) is 4.32. The Labute approximate surface area is 142 Å². The Balaban J connectivity index is 1.59. The maximum Gasteiger partial charge on any atom is 0.346 e. The van der Waals surface area contributed by atoms with E-state index in [0.29, 0.717) is 18.8 Å². The standard InChI is InChI=1S/C16H18FN5O3/c17-12-7-5-11(6-8-12)15(24)19-18-14(23)10-22-16(25)21-9-3-1-2-4-13(21)20-22/h5-8H,1-4,9-10H2,(H,18,23)(H,19,24). The average Bonchev–Trinajstić information content (AvgIpc) is 2.77. The second-order valence-corrected chi connectivity index (χ2v) is 5.83. The van der Waals surface area contributed by atoms with Gasteiger partial charge in [-0.25, -0.2) is 13.9 Å². The van der Waals surface area contributed by atoms with Crippen LogP contribution in [0.3, 0.4) is 0 Å². The average molecular weight is 347 g/mol. The van der Waals surface area contributed by atoms with Gasteiger partial charge in [-0.05, 0) is 37.1 Å². The van der Waals surface area contributed by atoms with E-state index in [2.05, 4.69) is 16.0 Å². The van der Waals surface area contributed by atoms with Crippen LogP contribution in [0, 0.1) is 5.82 Å². The van der Waals surface area contributed by atoms with Crippen molar-refractivity contribution in [2.24, 2.45) is 0 Å². The third kappa shape index (κ3) is 3.93. The lowest BCUT2D eigenvalue weighted by Crippen LogP contribution is -2.44. The van der Waals surface area contributed by atoms with Crippen molar-refractivity contribution in [1.82, 2.24) is 25.2 Å². The normalized spacial score (nSPS) is 13.6. The molecule has 1 aliphatic rings. The Morgan fingerprint density at radius 2 is 1.88 bits per heavy atom. The minimum atomic E-state index is -0.582. The van der Waals surface area contributed by atoms with Gasteiger partial charge in [-0.2, -0.15) is 5.10 Å². The predicted octanol–water partition coefficient (Wildman–Crippen LogP) is 0.371. The topological polar surface area (TPSA) is 98.0 Å². The third-order valence-corrected chi connectivity index (χ3v) is 4.00. The molecule has 2 aromatic rings. The van der Waals surface area contributed by atoms with Crippen LogP contribution in [0.4, 0.5) is 4.39 Å². The maximum atomic E-state index is 12.8. The van der Waals surface area contributed by atoms with Crippen molar-refractivity contribution in [1.29, 1.82) is 0 Å². The lowest BCUT2D eigenvalue weighted by molar-refractivity contribution is -0.122. The number of hydrogen-bond acceptors (Lipinski definition) is 4. The zero-order valence-electron chi connectivity index (χ0n) is 13.5. The summed E-state index contributed by atoms with van der Waals surface area (Å²) in [6.45, 7) is 0.319. The van der Waals surface area contributed by atoms with Crippen molar-refractivity contribution in [3.05, 3.63) is 52.0 Å². The summed E-state index contributed by atoms with van der Waals surface area (Å²) < 4.78 is 15.5. The number of rotatable bonds is 3. The number of nitrogens with one attached hydrogen (secondary N) is 2. The molecule has 0 spiro atoms. The summed E-state index contributed by atoms with van der Waals surface area (Å²) in [6.07, 6.45) is 3.65. The molecule has 0 radical (unpaired) electrons. The molecule has 8 nitrogen and oxygen atoms in total.